The molecule has 7 heteroatoms. The number of likely N-dealkylation sites (tertiary alicyclic amines) is 1. The number of halogens is 1. The molecule has 2 rings (SSSR count). The molecule has 0 unspecified atom stereocenters. The molecule has 0 atom stereocenters. The number of carbonyl (C=O) groups is 2. The lowest BCUT2D eigenvalue weighted by Gasteiger charge is -2.39. The fourth-order valence-electron chi connectivity index (χ4n) is 1.81. The maximum atomic E-state index is 11.9. The molecule has 20 heavy (non-hydrogen) atoms. The summed E-state index contributed by atoms with van der Waals surface area (Å²) in [5.41, 5.74) is 0.0388. The van der Waals surface area contributed by atoms with Gasteiger partial charge in [0.2, 0.25) is 0 Å². The molecule has 0 aliphatic carbocycles. The van der Waals surface area contributed by atoms with Crippen LogP contribution >= 0.6 is 22.6 Å². The second-order valence-electron chi connectivity index (χ2n) is 5.79. The Hall–Kier alpha value is -1.25. The molecule has 2 amide bonds. The van der Waals surface area contributed by atoms with E-state index in [1.54, 1.807) is 17.2 Å². The van der Waals surface area contributed by atoms with E-state index in [-0.39, 0.29) is 18.0 Å². The van der Waals surface area contributed by atoms with Gasteiger partial charge < -0.3 is 19.9 Å². The highest BCUT2D eigenvalue weighted by Gasteiger charge is 2.34. The molecule has 1 aromatic rings. The summed E-state index contributed by atoms with van der Waals surface area (Å²) in [6.07, 6.45) is 1.43. The number of nitrogens with one attached hydrogen (secondary N) is 2. The zero-order valence-electron chi connectivity index (χ0n) is 11.7. The van der Waals surface area contributed by atoms with Crippen molar-refractivity contribution in [1.82, 2.24) is 15.2 Å². The summed E-state index contributed by atoms with van der Waals surface area (Å²) in [6, 6.07) is 1.76. The Bertz CT molecular complexity index is 515. The van der Waals surface area contributed by atoms with Gasteiger partial charge in [-0.05, 0) is 49.4 Å². The number of ether oxygens (including phenoxy) is 1. The van der Waals surface area contributed by atoms with Crippen LogP contribution in [0, 0.1) is 3.57 Å². The maximum absolute atomic E-state index is 11.9. The van der Waals surface area contributed by atoms with Crippen LogP contribution in [-0.2, 0) is 4.74 Å². The van der Waals surface area contributed by atoms with Gasteiger partial charge in [-0.3, -0.25) is 4.79 Å². The molecule has 1 aliphatic rings. The van der Waals surface area contributed by atoms with Gasteiger partial charge in [-0.25, -0.2) is 4.79 Å². The van der Waals surface area contributed by atoms with Crippen molar-refractivity contribution in [2.45, 2.75) is 32.4 Å². The third kappa shape index (κ3) is 3.87. The van der Waals surface area contributed by atoms with Gasteiger partial charge in [0, 0.05) is 22.9 Å². The second-order valence-corrected chi connectivity index (χ2v) is 7.03. The Kier molecular flexibility index (Phi) is 4.26. The average molecular weight is 391 g/mol. The summed E-state index contributed by atoms with van der Waals surface area (Å²) in [5, 5.41) is 2.87. The van der Waals surface area contributed by atoms with E-state index in [2.05, 4.69) is 32.9 Å². The van der Waals surface area contributed by atoms with E-state index in [1.165, 1.54) is 0 Å². The Balaban J connectivity index is 1.77. The van der Waals surface area contributed by atoms with Crippen molar-refractivity contribution < 1.29 is 14.3 Å². The van der Waals surface area contributed by atoms with Gasteiger partial charge in [-0.1, -0.05) is 0 Å². The molecule has 1 saturated heterocycles. The molecule has 0 radical (unpaired) electrons. The highest BCUT2D eigenvalue weighted by Crippen LogP contribution is 2.15. The number of aromatic amines is 1. The number of H-pyrrole nitrogens is 1. The monoisotopic (exact) mass is 391 g/mol. The van der Waals surface area contributed by atoms with E-state index in [9.17, 15) is 9.59 Å². The van der Waals surface area contributed by atoms with Gasteiger partial charge in [0.1, 0.15) is 11.3 Å². The van der Waals surface area contributed by atoms with Gasteiger partial charge in [0.15, 0.2) is 0 Å². The standard InChI is InChI=1S/C13H18IN3O3/c1-13(2,3)20-12(19)17-6-9(7-17)16-11(18)10-4-8(14)5-15-10/h4-5,9,15H,6-7H2,1-3H3,(H,16,18). The number of amides is 2. The molecule has 1 aliphatic heterocycles. The third-order valence-electron chi connectivity index (χ3n) is 2.76. The summed E-state index contributed by atoms with van der Waals surface area (Å²) < 4.78 is 6.23. The van der Waals surface area contributed by atoms with E-state index >= 15 is 0 Å². The SMILES string of the molecule is CC(C)(C)OC(=O)N1CC(NC(=O)c2cc(I)c[nH]2)C1. The van der Waals surface area contributed by atoms with Crippen LogP contribution in [0.15, 0.2) is 12.3 Å². The second kappa shape index (κ2) is 5.63. The summed E-state index contributed by atoms with van der Waals surface area (Å²) in [5.74, 6) is -0.151. The van der Waals surface area contributed by atoms with Gasteiger partial charge in [-0.2, -0.15) is 0 Å². The molecule has 2 N–H and O–H groups in total. The minimum Gasteiger partial charge on any atom is -0.444 e. The predicted molar refractivity (Wildman–Crippen MR) is 82.6 cm³/mol. The van der Waals surface area contributed by atoms with Crippen molar-refractivity contribution in [2.75, 3.05) is 13.1 Å². The minimum atomic E-state index is -0.494. The van der Waals surface area contributed by atoms with Crippen molar-refractivity contribution in [3.05, 3.63) is 21.5 Å². The highest BCUT2D eigenvalue weighted by atomic mass is 127. The molecule has 1 aromatic heterocycles. The summed E-state index contributed by atoms with van der Waals surface area (Å²) in [7, 11) is 0. The molecule has 0 bridgehead atoms. The first kappa shape index (κ1) is 15.1. The van der Waals surface area contributed by atoms with Crippen LogP contribution in [0.25, 0.3) is 0 Å². The molecular weight excluding hydrogens is 373 g/mol. The van der Waals surface area contributed by atoms with Crippen LogP contribution in [0.5, 0.6) is 0 Å². The third-order valence-corrected chi connectivity index (χ3v) is 3.38. The fraction of sp³-hybridized carbons (Fsp3) is 0.538. The Labute approximate surface area is 131 Å². The van der Waals surface area contributed by atoms with Crippen LogP contribution in [-0.4, -0.2) is 46.6 Å². The largest absolute Gasteiger partial charge is 0.444 e. The number of aromatic nitrogens is 1. The zero-order chi connectivity index (χ0) is 14.9. The molecule has 6 nitrogen and oxygen atoms in total. The Morgan fingerprint density at radius 1 is 1.45 bits per heavy atom. The quantitative estimate of drug-likeness (QED) is 0.758. The molecule has 110 valence electrons. The summed E-state index contributed by atoms with van der Waals surface area (Å²) in [4.78, 5) is 28.1. The molecule has 0 saturated carbocycles. The number of hydrogen-bond donors (Lipinski definition) is 2. The number of hydrogen-bond acceptors (Lipinski definition) is 3. The van der Waals surface area contributed by atoms with Crippen LogP contribution in [0.3, 0.4) is 0 Å². The van der Waals surface area contributed by atoms with Crippen LogP contribution in [0.2, 0.25) is 0 Å². The van der Waals surface area contributed by atoms with Crippen molar-refractivity contribution in [1.29, 1.82) is 0 Å². The number of rotatable bonds is 2. The van der Waals surface area contributed by atoms with Crippen molar-refractivity contribution >= 4 is 34.6 Å². The smallest absolute Gasteiger partial charge is 0.410 e. The predicted octanol–water partition coefficient (Wildman–Crippen LogP) is 1.97. The summed E-state index contributed by atoms with van der Waals surface area (Å²) >= 11 is 2.13. The molecule has 1 fully saturated rings. The van der Waals surface area contributed by atoms with Gasteiger partial charge >= 0.3 is 6.09 Å². The topological polar surface area (TPSA) is 74.4 Å². The van der Waals surface area contributed by atoms with Gasteiger partial charge in [-0.15, -0.1) is 0 Å². The van der Waals surface area contributed by atoms with E-state index in [1.807, 2.05) is 20.8 Å². The normalized spacial score (nSPS) is 15.7. The van der Waals surface area contributed by atoms with E-state index in [4.69, 9.17) is 4.74 Å². The Morgan fingerprint density at radius 3 is 2.60 bits per heavy atom. The zero-order valence-corrected chi connectivity index (χ0v) is 13.9. The molecular formula is C13H18IN3O3. The van der Waals surface area contributed by atoms with Crippen LogP contribution in [0.4, 0.5) is 4.79 Å². The number of carbonyl (C=O) groups excluding carboxylic acids is 2. The lowest BCUT2D eigenvalue weighted by Crippen LogP contribution is -2.61. The fourth-order valence-corrected chi connectivity index (χ4v) is 2.27. The van der Waals surface area contributed by atoms with Crippen LogP contribution < -0.4 is 5.32 Å². The highest BCUT2D eigenvalue weighted by molar-refractivity contribution is 14.1. The van der Waals surface area contributed by atoms with Crippen LogP contribution in [0.1, 0.15) is 31.3 Å². The summed E-state index contributed by atoms with van der Waals surface area (Å²) in [6.45, 7) is 6.46. The lowest BCUT2D eigenvalue weighted by molar-refractivity contribution is 0.00531. The molecule has 2 heterocycles. The minimum absolute atomic E-state index is 0.0176. The first-order valence-electron chi connectivity index (χ1n) is 6.37. The van der Waals surface area contributed by atoms with E-state index < -0.39 is 5.60 Å². The Morgan fingerprint density at radius 2 is 2.10 bits per heavy atom. The molecule has 0 aromatic carbocycles. The number of nitrogens with zero attached hydrogens (tertiary/aromatic N) is 1. The molecule has 0 spiro atoms. The van der Waals surface area contributed by atoms with Gasteiger partial charge in [0.05, 0.1) is 6.04 Å². The first-order valence-corrected chi connectivity index (χ1v) is 7.45. The van der Waals surface area contributed by atoms with Gasteiger partial charge in [0.25, 0.3) is 5.91 Å². The van der Waals surface area contributed by atoms with E-state index in [0.717, 1.165) is 3.57 Å². The average Bonchev–Trinajstić information content (AvgIpc) is 2.66. The van der Waals surface area contributed by atoms with Crippen molar-refractivity contribution in [3.63, 3.8) is 0 Å². The van der Waals surface area contributed by atoms with Crippen molar-refractivity contribution in [3.8, 4) is 0 Å². The van der Waals surface area contributed by atoms with E-state index in [0.29, 0.717) is 18.8 Å². The van der Waals surface area contributed by atoms with Crippen molar-refractivity contribution in [2.24, 2.45) is 0 Å². The first-order chi connectivity index (χ1) is 9.24. The maximum Gasteiger partial charge on any atom is 0.410 e. The lowest BCUT2D eigenvalue weighted by atomic mass is 10.1.